The second-order valence-electron chi connectivity index (χ2n) is 7.14. The van der Waals surface area contributed by atoms with Crippen molar-refractivity contribution >= 4 is 23.3 Å². The lowest BCUT2D eigenvalue weighted by Gasteiger charge is -2.32. The number of amides is 1. The first-order chi connectivity index (χ1) is 12.5. The van der Waals surface area contributed by atoms with Gasteiger partial charge >= 0.3 is 12.3 Å². The maximum Gasteiger partial charge on any atom is 0.417 e. The van der Waals surface area contributed by atoms with E-state index in [-0.39, 0.29) is 16.1 Å². The summed E-state index contributed by atoms with van der Waals surface area (Å²) in [5.41, 5.74) is -0.0139. The molecule has 2 aromatic heterocycles. The van der Waals surface area contributed by atoms with Crippen LogP contribution in [0.1, 0.15) is 31.7 Å². The molecule has 0 radical (unpaired) electrons. The zero-order chi connectivity index (χ0) is 20.0. The molecule has 3 rings (SSSR count). The molecule has 0 fully saturated rings. The van der Waals surface area contributed by atoms with E-state index in [9.17, 15) is 18.0 Å². The van der Waals surface area contributed by atoms with Crippen molar-refractivity contribution in [2.24, 2.45) is 5.41 Å². The number of nitrogens with zero attached hydrogens (tertiary/aromatic N) is 4. The minimum absolute atomic E-state index is 0.115. The van der Waals surface area contributed by atoms with Gasteiger partial charge in [-0.1, -0.05) is 37.1 Å². The van der Waals surface area contributed by atoms with Gasteiger partial charge in [0, 0.05) is 25.7 Å². The van der Waals surface area contributed by atoms with Gasteiger partial charge in [-0.3, -0.25) is 0 Å². The molecule has 0 aromatic carbocycles. The minimum Gasteiger partial charge on any atom is -0.465 e. The van der Waals surface area contributed by atoms with E-state index in [1.165, 1.54) is 4.90 Å². The first-order valence-electron chi connectivity index (χ1n) is 8.27. The van der Waals surface area contributed by atoms with Crippen molar-refractivity contribution in [3.8, 4) is 0 Å². The summed E-state index contributed by atoms with van der Waals surface area (Å²) in [7, 11) is 0. The lowest BCUT2D eigenvalue weighted by molar-refractivity contribution is -0.137. The van der Waals surface area contributed by atoms with Crippen LogP contribution >= 0.6 is 11.6 Å². The highest BCUT2D eigenvalue weighted by atomic mass is 35.5. The number of alkyl halides is 3. The average Bonchev–Trinajstić information content (AvgIpc) is 2.96. The zero-order valence-corrected chi connectivity index (χ0v) is 15.5. The predicted molar refractivity (Wildman–Crippen MR) is 92.8 cm³/mol. The normalized spacial score (nSPS) is 15.9. The molecule has 3 heterocycles. The number of rotatable bonds is 3. The smallest absolute Gasteiger partial charge is 0.417 e. The van der Waals surface area contributed by atoms with Gasteiger partial charge in [-0.25, -0.2) is 14.3 Å². The van der Waals surface area contributed by atoms with Crippen molar-refractivity contribution < 1.29 is 23.1 Å². The molecule has 146 valence electrons. The van der Waals surface area contributed by atoms with Crippen molar-refractivity contribution in [2.45, 2.75) is 32.9 Å². The van der Waals surface area contributed by atoms with Gasteiger partial charge in [0.05, 0.1) is 10.6 Å². The molecular formula is C17H18ClF3N4O2. The van der Waals surface area contributed by atoms with Gasteiger partial charge in [-0.2, -0.15) is 18.3 Å². The van der Waals surface area contributed by atoms with E-state index < -0.39 is 17.8 Å². The van der Waals surface area contributed by atoms with Gasteiger partial charge in [0.2, 0.25) is 0 Å². The van der Waals surface area contributed by atoms with Crippen LogP contribution in [0, 0.1) is 5.41 Å². The van der Waals surface area contributed by atoms with Crippen molar-refractivity contribution in [3.63, 3.8) is 0 Å². The largest absolute Gasteiger partial charge is 0.465 e. The van der Waals surface area contributed by atoms with E-state index in [1.54, 1.807) is 0 Å². The first kappa shape index (κ1) is 19.5. The van der Waals surface area contributed by atoms with E-state index in [0.717, 1.165) is 22.4 Å². The van der Waals surface area contributed by atoms with Gasteiger partial charge in [0.1, 0.15) is 0 Å². The van der Waals surface area contributed by atoms with Crippen LogP contribution in [0.5, 0.6) is 0 Å². The molecule has 10 heteroatoms. The third-order valence-corrected chi connectivity index (χ3v) is 4.99. The predicted octanol–water partition coefficient (Wildman–Crippen LogP) is 4.28. The van der Waals surface area contributed by atoms with E-state index in [1.807, 2.05) is 19.9 Å². The van der Waals surface area contributed by atoms with Crippen molar-refractivity contribution in [2.75, 3.05) is 13.1 Å². The Morgan fingerprint density at radius 1 is 1.37 bits per heavy atom. The number of halogens is 4. The number of pyridine rings is 1. The topological polar surface area (TPSA) is 70.7 Å². The molecule has 0 saturated carbocycles. The quantitative estimate of drug-likeness (QED) is 0.778. The molecule has 1 N–H and O–H groups in total. The fraction of sp³-hybridized carbons (Fsp3) is 0.471. The second-order valence-corrected chi connectivity index (χ2v) is 7.55. The van der Waals surface area contributed by atoms with Crippen LogP contribution in [0.3, 0.4) is 0 Å². The monoisotopic (exact) mass is 402 g/mol. The van der Waals surface area contributed by atoms with Crippen LogP contribution in [-0.4, -0.2) is 43.8 Å². The Kier molecular flexibility index (Phi) is 4.83. The molecule has 1 amide bonds. The summed E-state index contributed by atoms with van der Waals surface area (Å²) >= 11 is 5.95. The van der Waals surface area contributed by atoms with Gasteiger partial charge in [-0.15, -0.1) is 0 Å². The molecule has 0 atom stereocenters. The number of carbonyl (C=O) groups is 1. The van der Waals surface area contributed by atoms with Crippen LogP contribution in [0.25, 0.3) is 5.65 Å². The summed E-state index contributed by atoms with van der Waals surface area (Å²) in [6, 6.07) is 0.838. The van der Waals surface area contributed by atoms with Crippen LogP contribution in [0.4, 0.5) is 18.0 Å². The Balaban J connectivity index is 1.86. The number of fused-ring (bicyclic) bond motifs is 1. The van der Waals surface area contributed by atoms with Crippen molar-refractivity contribution in [1.82, 2.24) is 19.5 Å². The number of hydrogen-bond acceptors (Lipinski definition) is 3. The molecule has 0 spiro atoms. The zero-order valence-electron chi connectivity index (χ0n) is 14.7. The van der Waals surface area contributed by atoms with E-state index in [2.05, 4.69) is 10.1 Å². The molecule has 0 saturated heterocycles. The highest BCUT2D eigenvalue weighted by molar-refractivity contribution is 6.33. The Morgan fingerprint density at radius 2 is 2.07 bits per heavy atom. The van der Waals surface area contributed by atoms with Gasteiger partial charge < -0.3 is 10.0 Å². The summed E-state index contributed by atoms with van der Waals surface area (Å²) in [4.78, 5) is 16.6. The van der Waals surface area contributed by atoms with Gasteiger partial charge in [-0.05, 0) is 17.9 Å². The molecule has 0 bridgehead atoms. The first-order valence-corrected chi connectivity index (χ1v) is 8.64. The molecule has 27 heavy (non-hydrogen) atoms. The summed E-state index contributed by atoms with van der Waals surface area (Å²) in [6.45, 7) is 4.67. The maximum atomic E-state index is 12.9. The summed E-state index contributed by atoms with van der Waals surface area (Å²) in [6.07, 6.45) is -1.75. The van der Waals surface area contributed by atoms with Gasteiger partial charge in [0.25, 0.3) is 0 Å². The Bertz CT molecular complexity index is 921. The highest BCUT2D eigenvalue weighted by Crippen LogP contribution is 2.35. The van der Waals surface area contributed by atoms with Crippen LogP contribution in [0.15, 0.2) is 23.9 Å². The summed E-state index contributed by atoms with van der Waals surface area (Å²) in [5, 5.41) is 13.1. The average molecular weight is 403 g/mol. The molecule has 1 aliphatic rings. The fourth-order valence-electron chi connectivity index (χ4n) is 3.19. The van der Waals surface area contributed by atoms with Crippen LogP contribution in [0.2, 0.25) is 5.02 Å². The Hall–Kier alpha value is -2.29. The lowest BCUT2D eigenvalue weighted by Crippen LogP contribution is -2.36. The molecule has 1 aliphatic heterocycles. The minimum atomic E-state index is -4.52. The Labute approximate surface area is 158 Å². The summed E-state index contributed by atoms with van der Waals surface area (Å²) < 4.78 is 39.8. The number of hydrogen-bond donors (Lipinski definition) is 1. The summed E-state index contributed by atoms with van der Waals surface area (Å²) in [5.74, 6) is 0.378. The van der Waals surface area contributed by atoms with E-state index in [0.29, 0.717) is 31.8 Å². The molecular weight excluding hydrogens is 385 g/mol. The molecule has 0 unspecified atom stereocenters. The van der Waals surface area contributed by atoms with E-state index >= 15 is 0 Å². The van der Waals surface area contributed by atoms with Gasteiger partial charge in [0.15, 0.2) is 11.5 Å². The van der Waals surface area contributed by atoms with Crippen molar-refractivity contribution in [1.29, 1.82) is 0 Å². The molecule has 2 aromatic rings. The lowest BCUT2D eigenvalue weighted by atomic mass is 9.78. The third-order valence-electron chi connectivity index (χ3n) is 4.71. The van der Waals surface area contributed by atoms with E-state index in [4.69, 9.17) is 16.7 Å². The van der Waals surface area contributed by atoms with Crippen LogP contribution < -0.4 is 0 Å². The Morgan fingerprint density at radius 3 is 2.63 bits per heavy atom. The SMILES string of the molecule is CC(C)(Cc1nc2c(Cl)cc(C(F)(F)F)cn2n1)C1=CCN(C(=O)O)CC1. The van der Waals surface area contributed by atoms with Crippen LogP contribution in [-0.2, 0) is 12.6 Å². The van der Waals surface area contributed by atoms with Crippen molar-refractivity contribution in [3.05, 3.63) is 40.3 Å². The number of aromatic nitrogens is 3. The second kappa shape index (κ2) is 6.70. The highest BCUT2D eigenvalue weighted by Gasteiger charge is 2.33. The molecule has 0 aliphatic carbocycles. The number of carboxylic acid groups (broad SMARTS) is 1. The molecule has 6 nitrogen and oxygen atoms in total. The third kappa shape index (κ3) is 4.02. The standard InChI is InChI=1S/C17H18ClF3N4O2/c1-16(2,10-3-5-24(6-4-10)15(26)27)8-13-22-14-12(18)7-11(17(19,20)21)9-25(14)23-13/h3,7,9H,4-6,8H2,1-2H3,(H,26,27). The maximum absolute atomic E-state index is 12.9. The fourth-order valence-corrected chi connectivity index (χ4v) is 3.43.